The molecule has 2 rings (SSSR count). The van der Waals surface area contributed by atoms with E-state index in [1.807, 2.05) is 37.3 Å². The van der Waals surface area contributed by atoms with Crippen molar-refractivity contribution in [1.82, 2.24) is 0 Å². The predicted molar refractivity (Wildman–Crippen MR) is 94.1 cm³/mol. The van der Waals surface area contributed by atoms with Gasteiger partial charge in [-0.25, -0.2) is 4.79 Å². The second-order valence-corrected chi connectivity index (χ2v) is 5.51. The number of rotatable bonds is 8. The molecule has 0 aromatic heterocycles. The van der Waals surface area contributed by atoms with Crippen LogP contribution in [-0.2, 0) is 9.53 Å². The lowest BCUT2D eigenvalue weighted by molar-refractivity contribution is -0.145. The summed E-state index contributed by atoms with van der Waals surface area (Å²) in [6.07, 6.45) is -0.193. The van der Waals surface area contributed by atoms with E-state index >= 15 is 0 Å². The Kier molecular flexibility index (Phi) is 6.57. The predicted octanol–water partition coefficient (Wildman–Crippen LogP) is 3.97. The largest absolute Gasteiger partial charge is 0.486 e. The molecule has 132 valence electrons. The van der Waals surface area contributed by atoms with Crippen LogP contribution in [0.4, 0.5) is 0 Å². The summed E-state index contributed by atoms with van der Waals surface area (Å²) in [7, 11) is 0. The fourth-order valence-electron chi connectivity index (χ4n) is 2.27. The van der Waals surface area contributed by atoms with Crippen molar-refractivity contribution in [2.24, 2.45) is 0 Å². The molecule has 0 fully saturated rings. The summed E-state index contributed by atoms with van der Waals surface area (Å²) in [6, 6.07) is 14.7. The number of ketones is 1. The van der Waals surface area contributed by atoms with Gasteiger partial charge >= 0.3 is 5.97 Å². The van der Waals surface area contributed by atoms with Crippen LogP contribution < -0.4 is 9.47 Å². The van der Waals surface area contributed by atoms with Gasteiger partial charge in [-0.1, -0.05) is 30.3 Å². The van der Waals surface area contributed by atoms with Gasteiger partial charge in [-0.3, -0.25) is 4.79 Å². The Balaban J connectivity index is 2.16. The van der Waals surface area contributed by atoms with E-state index in [0.29, 0.717) is 23.7 Å². The van der Waals surface area contributed by atoms with Crippen molar-refractivity contribution in [3.8, 4) is 11.5 Å². The van der Waals surface area contributed by atoms with Gasteiger partial charge in [-0.05, 0) is 38.5 Å². The van der Waals surface area contributed by atoms with Gasteiger partial charge in [0, 0.05) is 11.6 Å². The number of hydrogen-bond acceptors (Lipinski definition) is 5. The highest BCUT2D eigenvalue weighted by molar-refractivity contribution is 5.94. The topological polar surface area (TPSA) is 61.8 Å². The monoisotopic (exact) mass is 342 g/mol. The van der Waals surface area contributed by atoms with Crippen molar-refractivity contribution in [1.29, 1.82) is 0 Å². The molecule has 1 atom stereocenters. The lowest BCUT2D eigenvalue weighted by atomic mass is 10.1. The molecule has 5 heteroatoms. The Labute approximate surface area is 147 Å². The zero-order chi connectivity index (χ0) is 18.2. The van der Waals surface area contributed by atoms with Gasteiger partial charge in [0.2, 0.25) is 0 Å². The number of hydrogen-bond donors (Lipinski definition) is 0. The maximum Gasteiger partial charge on any atom is 0.344 e. The average molecular weight is 342 g/mol. The van der Waals surface area contributed by atoms with Crippen LogP contribution >= 0.6 is 0 Å². The fourth-order valence-corrected chi connectivity index (χ4v) is 2.27. The van der Waals surface area contributed by atoms with Crippen LogP contribution in [0, 0.1) is 0 Å². The highest BCUT2D eigenvalue weighted by atomic mass is 16.6. The minimum absolute atomic E-state index is 0.112. The molecular weight excluding hydrogens is 320 g/mol. The standard InChI is InChI=1S/C20H22O5/c1-4-23-20(22)13-24-18-10-17(14(2)21)11-19(12-18)25-15(3)16-8-6-5-7-9-16/h5-12,15H,4,13H2,1-3H3/t15-/m0/s1. The average Bonchev–Trinajstić information content (AvgIpc) is 2.60. The van der Waals surface area contributed by atoms with Gasteiger partial charge in [0.15, 0.2) is 12.4 Å². The van der Waals surface area contributed by atoms with Crippen molar-refractivity contribution in [2.45, 2.75) is 26.9 Å². The van der Waals surface area contributed by atoms with Crippen LogP contribution in [0.2, 0.25) is 0 Å². The number of carbonyl (C=O) groups is 2. The van der Waals surface area contributed by atoms with Gasteiger partial charge in [0.25, 0.3) is 0 Å². The Hall–Kier alpha value is -2.82. The lowest BCUT2D eigenvalue weighted by Crippen LogP contribution is -2.15. The minimum atomic E-state index is -0.462. The molecule has 0 bridgehead atoms. The molecule has 5 nitrogen and oxygen atoms in total. The van der Waals surface area contributed by atoms with Gasteiger partial charge < -0.3 is 14.2 Å². The van der Waals surface area contributed by atoms with Gasteiger partial charge in [-0.15, -0.1) is 0 Å². The molecule has 0 spiro atoms. The van der Waals surface area contributed by atoms with Crippen molar-refractivity contribution in [2.75, 3.05) is 13.2 Å². The Morgan fingerprint density at radius 3 is 2.36 bits per heavy atom. The van der Waals surface area contributed by atoms with E-state index in [0.717, 1.165) is 5.56 Å². The fraction of sp³-hybridized carbons (Fsp3) is 0.300. The summed E-state index contributed by atoms with van der Waals surface area (Å²) >= 11 is 0. The number of benzene rings is 2. The van der Waals surface area contributed by atoms with Crippen molar-refractivity contribution >= 4 is 11.8 Å². The van der Waals surface area contributed by atoms with Gasteiger partial charge in [-0.2, -0.15) is 0 Å². The van der Waals surface area contributed by atoms with Crippen molar-refractivity contribution < 1.29 is 23.8 Å². The third-order valence-electron chi connectivity index (χ3n) is 3.53. The smallest absolute Gasteiger partial charge is 0.344 e. The zero-order valence-electron chi connectivity index (χ0n) is 14.7. The molecule has 0 unspecified atom stereocenters. The molecule has 0 saturated carbocycles. The highest BCUT2D eigenvalue weighted by Crippen LogP contribution is 2.27. The summed E-state index contributed by atoms with van der Waals surface area (Å²) in [5.74, 6) is 0.313. The van der Waals surface area contributed by atoms with Crippen LogP contribution in [0.25, 0.3) is 0 Å². The molecule has 0 aliphatic rings. The van der Waals surface area contributed by atoms with Crippen LogP contribution in [0.3, 0.4) is 0 Å². The first-order chi connectivity index (χ1) is 12.0. The molecular formula is C20H22O5. The summed E-state index contributed by atoms with van der Waals surface area (Å²) < 4.78 is 16.2. The van der Waals surface area contributed by atoms with E-state index in [-0.39, 0.29) is 18.5 Å². The first kappa shape index (κ1) is 18.5. The van der Waals surface area contributed by atoms with E-state index in [1.165, 1.54) is 6.92 Å². The minimum Gasteiger partial charge on any atom is -0.486 e. The third kappa shape index (κ3) is 5.64. The third-order valence-corrected chi connectivity index (χ3v) is 3.53. The van der Waals surface area contributed by atoms with E-state index in [9.17, 15) is 9.59 Å². The van der Waals surface area contributed by atoms with Crippen LogP contribution in [0.1, 0.15) is 42.8 Å². The summed E-state index contributed by atoms with van der Waals surface area (Å²) in [5.41, 5.74) is 1.47. The first-order valence-corrected chi connectivity index (χ1v) is 8.15. The summed E-state index contributed by atoms with van der Waals surface area (Å²) in [4.78, 5) is 23.2. The Morgan fingerprint density at radius 2 is 1.72 bits per heavy atom. The van der Waals surface area contributed by atoms with Crippen molar-refractivity contribution in [3.63, 3.8) is 0 Å². The van der Waals surface area contributed by atoms with Crippen LogP contribution in [0.5, 0.6) is 11.5 Å². The molecule has 2 aromatic rings. The Bertz CT molecular complexity index is 724. The number of carbonyl (C=O) groups excluding carboxylic acids is 2. The second-order valence-electron chi connectivity index (χ2n) is 5.51. The molecule has 0 amide bonds. The number of ether oxygens (including phenoxy) is 3. The number of esters is 1. The Morgan fingerprint density at radius 1 is 1.04 bits per heavy atom. The van der Waals surface area contributed by atoms with E-state index in [1.54, 1.807) is 25.1 Å². The first-order valence-electron chi connectivity index (χ1n) is 8.15. The zero-order valence-corrected chi connectivity index (χ0v) is 14.7. The van der Waals surface area contributed by atoms with Gasteiger partial charge in [0.1, 0.15) is 17.6 Å². The van der Waals surface area contributed by atoms with E-state index in [2.05, 4.69) is 0 Å². The molecule has 0 N–H and O–H groups in total. The van der Waals surface area contributed by atoms with E-state index < -0.39 is 5.97 Å². The maximum atomic E-state index is 11.7. The second kappa shape index (κ2) is 8.87. The molecule has 0 aliphatic heterocycles. The summed E-state index contributed by atoms with van der Waals surface area (Å²) in [5, 5.41) is 0. The maximum absolute atomic E-state index is 11.7. The van der Waals surface area contributed by atoms with Crippen molar-refractivity contribution in [3.05, 3.63) is 59.7 Å². The highest BCUT2D eigenvalue weighted by Gasteiger charge is 2.12. The molecule has 25 heavy (non-hydrogen) atoms. The molecule has 0 radical (unpaired) electrons. The van der Waals surface area contributed by atoms with Crippen LogP contribution in [-0.4, -0.2) is 25.0 Å². The molecule has 0 heterocycles. The SMILES string of the molecule is CCOC(=O)COc1cc(O[C@@H](C)c2ccccc2)cc(C(C)=O)c1. The lowest BCUT2D eigenvalue weighted by Gasteiger charge is -2.17. The molecule has 0 saturated heterocycles. The summed E-state index contributed by atoms with van der Waals surface area (Å²) in [6.45, 7) is 5.19. The molecule has 2 aromatic carbocycles. The van der Waals surface area contributed by atoms with Crippen LogP contribution in [0.15, 0.2) is 48.5 Å². The molecule has 0 aliphatic carbocycles. The number of Topliss-reactive ketones (excluding diaryl/α,β-unsaturated/α-hetero) is 1. The van der Waals surface area contributed by atoms with Gasteiger partial charge in [0.05, 0.1) is 6.61 Å². The van der Waals surface area contributed by atoms with E-state index in [4.69, 9.17) is 14.2 Å². The normalized spacial score (nSPS) is 11.5. The quantitative estimate of drug-likeness (QED) is 0.536.